The molecule has 18 rings (SSSR count). The maximum atomic E-state index is 6.45. The van der Waals surface area contributed by atoms with Crippen molar-refractivity contribution in [2.75, 3.05) is 0 Å². The Balaban J connectivity index is 0.985. The van der Waals surface area contributed by atoms with Crippen molar-refractivity contribution in [2.24, 2.45) is 0 Å². The molecule has 7 aromatic heterocycles. The molecule has 0 aliphatic carbocycles. The molecule has 0 saturated carbocycles. The van der Waals surface area contributed by atoms with E-state index in [4.69, 9.17) is 38.7 Å². The van der Waals surface area contributed by atoms with Gasteiger partial charge in [-0.25, -0.2) is 9.97 Å². The Morgan fingerprint density at radius 2 is 0.590 bits per heavy atom. The number of fused-ring (bicyclic) bond motifs is 17. The molecule has 0 bridgehead atoms. The van der Waals surface area contributed by atoms with Crippen molar-refractivity contribution >= 4 is 109 Å². The third kappa shape index (κ3) is 6.67. The van der Waals surface area contributed by atoms with Crippen LogP contribution in [0, 0.1) is 0 Å². The van der Waals surface area contributed by atoms with Gasteiger partial charge in [-0.3, -0.25) is 9.13 Å². The first-order valence-corrected chi connectivity index (χ1v) is 27.6. The second-order valence-corrected chi connectivity index (χ2v) is 20.9. The number of rotatable bonds is 7. The molecule has 0 fully saturated rings. The fourth-order valence-electron chi connectivity index (χ4n) is 12.9. The van der Waals surface area contributed by atoms with Gasteiger partial charge in [-0.2, -0.15) is 19.9 Å². The van der Waals surface area contributed by atoms with Gasteiger partial charge < -0.3 is 13.4 Å². The molecule has 7 heterocycles. The number of para-hydroxylation sites is 5. The van der Waals surface area contributed by atoms with Gasteiger partial charge in [0.15, 0.2) is 23.3 Å². The van der Waals surface area contributed by atoms with Crippen molar-refractivity contribution in [3.05, 3.63) is 249 Å². The highest BCUT2D eigenvalue weighted by Crippen LogP contribution is 2.47. The van der Waals surface area contributed by atoms with Crippen LogP contribution in [0.5, 0.6) is 0 Å². The molecule has 0 amide bonds. The molecule has 11 heteroatoms. The largest absolute Gasteiger partial charge is 0.456 e. The summed E-state index contributed by atoms with van der Waals surface area (Å²) < 4.78 is 19.8. The van der Waals surface area contributed by atoms with E-state index < -0.39 is 0 Å². The van der Waals surface area contributed by atoms with E-state index in [1.807, 2.05) is 97.1 Å². The third-order valence-corrected chi connectivity index (χ3v) is 16.4. The summed E-state index contributed by atoms with van der Waals surface area (Å²) >= 11 is 0. The normalized spacial score (nSPS) is 12.1. The predicted molar refractivity (Wildman–Crippen MR) is 333 cm³/mol. The van der Waals surface area contributed by atoms with Crippen LogP contribution in [-0.2, 0) is 0 Å². The average molecular weight is 1060 g/mol. The zero-order valence-corrected chi connectivity index (χ0v) is 44.0. The summed E-state index contributed by atoms with van der Waals surface area (Å²) in [5, 5.41) is 10.2. The van der Waals surface area contributed by atoms with Gasteiger partial charge in [0.2, 0.25) is 11.9 Å². The Morgan fingerprint density at radius 3 is 1.05 bits per heavy atom. The summed E-state index contributed by atoms with van der Waals surface area (Å²) in [6, 6.07) is 85.6. The smallest absolute Gasteiger partial charge is 0.238 e. The van der Waals surface area contributed by atoms with Crippen molar-refractivity contribution in [3.8, 4) is 63.1 Å². The van der Waals surface area contributed by atoms with Crippen molar-refractivity contribution in [1.29, 1.82) is 0 Å². The quantitative estimate of drug-likeness (QED) is 0.155. The van der Waals surface area contributed by atoms with Gasteiger partial charge in [0.05, 0.1) is 33.1 Å². The SMILES string of the molecule is c1ccc(-c2nc(-c3cccc4oc5ccccc5c34)nc(-n3c4ccccc4c4ccc5c6ccc7c8ccccc8n(-c8nc(-c9ccccc9)nc(-c9cccc%10oc%11ccccc%11c9%10)n8)c7c6n(-c6ccccc6)c5c43)n2)cc1. The summed E-state index contributed by atoms with van der Waals surface area (Å²) in [5.74, 6) is 3.12. The maximum absolute atomic E-state index is 6.45. The minimum atomic E-state index is 0.480. The van der Waals surface area contributed by atoms with Crippen LogP contribution in [0.25, 0.3) is 172 Å². The molecule has 11 nitrogen and oxygen atoms in total. The van der Waals surface area contributed by atoms with Crippen LogP contribution in [0.3, 0.4) is 0 Å². The van der Waals surface area contributed by atoms with E-state index in [9.17, 15) is 0 Å². The number of benzene rings is 11. The van der Waals surface area contributed by atoms with Crippen LogP contribution in [-0.4, -0.2) is 43.6 Å². The molecule has 0 atom stereocenters. The third-order valence-electron chi connectivity index (χ3n) is 16.4. The monoisotopic (exact) mass is 1060 g/mol. The standard InChI is InChI=1S/C72H41N9O2/c1-4-20-42(21-5-1)67-73-69(53-30-18-36-59-61(53)51-28-12-16-34-57(51)82-59)77-71(75-67)80-55-32-14-10-26-45(55)47-38-40-49-50-41-39-48-46-27-11-15-33-56(46)81(66(48)64(50)79(63(49)65(47)80)44-24-8-3-9-25-44)72-76-68(43-22-6-2-7-23-43)74-70(78-72)54-31-19-37-60-62(54)52-29-13-17-35-58(52)83-60/h1-41H. The molecule has 0 unspecified atom stereocenters. The molecule has 0 N–H and O–H groups in total. The first kappa shape index (κ1) is 45.3. The van der Waals surface area contributed by atoms with Crippen LogP contribution in [0.1, 0.15) is 0 Å². The Hall–Kier alpha value is -11.6. The lowest BCUT2D eigenvalue weighted by Crippen LogP contribution is -2.08. The van der Waals surface area contributed by atoms with Crippen LogP contribution in [0.2, 0.25) is 0 Å². The molecule has 83 heavy (non-hydrogen) atoms. The van der Waals surface area contributed by atoms with Gasteiger partial charge in [0.25, 0.3) is 0 Å². The van der Waals surface area contributed by atoms with Gasteiger partial charge in [0.1, 0.15) is 22.3 Å². The zero-order valence-electron chi connectivity index (χ0n) is 44.0. The lowest BCUT2D eigenvalue weighted by molar-refractivity contribution is 0.668. The second kappa shape index (κ2) is 17.5. The molecule has 0 spiro atoms. The summed E-state index contributed by atoms with van der Waals surface area (Å²) in [4.78, 5) is 32.7. The van der Waals surface area contributed by atoms with Gasteiger partial charge in [-0.15, -0.1) is 0 Å². The van der Waals surface area contributed by atoms with Crippen LogP contribution in [0.15, 0.2) is 258 Å². The van der Waals surface area contributed by atoms with Crippen LogP contribution in [0.4, 0.5) is 0 Å². The molecule has 386 valence electrons. The highest BCUT2D eigenvalue weighted by atomic mass is 16.3. The van der Waals surface area contributed by atoms with Gasteiger partial charge in [-0.1, -0.05) is 200 Å². The number of furan rings is 2. The van der Waals surface area contributed by atoms with E-state index in [0.29, 0.717) is 35.2 Å². The lowest BCUT2D eigenvalue weighted by Gasteiger charge is -2.15. The zero-order chi connectivity index (χ0) is 54.3. The van der Waals surface area contributed by atoms with Crippen molar-refractivity contribution in [1.82, 2.24) is 43.6 Å². The summed E-state index contributed by atoms with van der Waals surface area (Å²) in [6.07, 6.45) is 0. The highest BCUT2D eigenvalue weighted by molar-refractivity contribution is 6.29. The number of aromatic nitrogens is 9. The van der Waals surface area contributed by atoms with E-state index in [1.165, 1.54) is 0 Å². The number of nitrogens with zero attached hydrogens (tertiary/aromatic N) is 9. The van der Waals surface area contributed by atoms with Crippen molar-refractivity contribution in [2.45, 2.75) is 0 Å². The Kier molecular flexibility index (Phi) is 9.54. The van der Waals surface area contributed by atoms with E-state index >= 15 is 0 Å². The predicted octanol–water partition coefficient (Wildman–Crippen LogP) is 17.8. The maximum Gasteiger partial charge on any atom is 0.238 e. The fourth-order valence-corrected chi connectivity index (χ4v) is 12.9. The molecule has 0 radical (unpaired) electrons. The molecule has 0 aliphatic rings. The summed E-state index contributed by atoms with van der Waals surface area (Å²) in [6.45, 7) is 0. The molecule has 18 aromatic rings. The molecular weight excluding hydrogens is 1020 g/mol. The van der Waals surface area contributed by atoms with E-state index in [-0.39, 0.29) is 0 Å². The Bertz CT molecular complexity index is 5370. The van der Waals surface area contributed by atoms with Gasteiger partial charge >= 0.3 is 0 Å². The number of hydrogen-bond acceptors (Lipinski definition) is 8. The first-order valence-electron chi connectivity index (χ1n) is 27.6. The van der Waals surface area contributed by atoms with Crippen molar-refractivity contribution in [3.63, 3.8) is 0 Å². The Labute approximate surface area is 471 Å². The van der Waals surface area contributed by atoms with Gasteiger partial charge in [-0.05, 0) is 48.5 Å². The summed E-state index contributed by atoms with van der Waals surface area (Å²) in [7, 11) is 0. The first-order chi connectivity index (χ1) is 41.2. The number of hydrogen-bond donors (Lipinski definition) is 0. The lowest BCUT2D eigenvalue weighted by atomic mass is 10.1. The van der Waals surface area contributed by atoms with E-state index in [2.05, 4.69) is 165 Å². The second-order valence-electron chi connectivity index (χ2n) is 20.9. The van der Waals surface area contributed by atoms with E-state index in [1.54, 1.807) is 0 Å². The molecule has 0 aliphatic heterocycles. The highest BCUT2D eigenvalue weighted by Gasteiger charge is 2.28. The van der Waals surface area contributed by atoms with Crippen molar-refractivity contribution < 1.29 is 8.83 Å². The van der Waals surface area contributed by atoms with Crippen LogP contribution >= 0.6 is 0 Å². The van der Waals surface area contributed by atoms with E-state index in [0.717, 1.165) is 137 Å². The van der Waals surface area contributed by atoms with Crippen LogP contribution < -0.4 is 0 Å². The Morgan fingerprint density at radius 1 is 0.241 bits per heavy atom. The molecule has 11 aromatic carbocycles. The minimum Gasteiger partial charge on any atom is -0.456 e. The average Bonchev–Trinajstić information content (AvgIpc) is 2.11. The fraction of sp³-hybridized carbons (Fsp3) is 0. The molecule has 0 saturated heterocycles. The topological polar surface area (TPSA) is 118 Å². The minimum absolute atomic E-state index is 0.480. The van der Waals surface area contributed by atoms with Gasteiger partial charge in [0, 0.05) is 81.8 Å². The molecular formula is C72H41N9O2. The summed E-state index contributed by atoms with van der Waals surface area (Å²) in [5.41, 5.74) is 13.3.